The van der Waals surface area contributed by atoms with Gasteiger partial charge >= 0.3 is 5.97 Å². The highest BCUT2D eigenvalue weighted by molar-refractivity contribution is 5.86. The SMILES string of the molecule is CC(CC(=O)NC(C)(C)C(=O)O)c1ccc(F)cc1. The van der Waals surface area contributed by atoms with Crippen molar-refractivity contribution < 1.29 is 19.1 Å². The zero-order chi connectivity index (χ0) is 14.6. The highest BCUT2D eigenvalue weighted by atomic mass is 19.1. The van der Waals surface area contributed by atoms with Gasteiger partial charge < -0.3 is 10.4 Å². The molecule has 1 amide bonds. The van der Waals surface area contributed by atoms with Crippen molar-refractivity contribution in [1.82, 2.24) is 5.32 Å². The number of carboxylic acids is 1. The van der Waals surface area contributed by atoms with Crippen LogP contribution in [0.1, 0.15) is 38.7 Å². The Labute approximate surface area is 111 Å². The average Bonchev–Trinajstić information content (AvgIpc) is 2.28. The second-order valence-electron chi connectivity index (χ2n) is 5.14. The summed E-state index contributed by atoms with van der Waals surface area (Å²) in [5, 5.41) is 11.4. The normalized spacial score (nSPS) is 12.8. The van der Waals surface area contributed by atoms with Gasteiger partial charge in [0.1, 0.15) is 11.4 Å². The van der Waals surface area contributed by atoms with Crippen LogP contribution in [0.2, 0.25) is 0 Å². The maximum atomic E-state index is 12.8. The molecule has 0 fully saturated rings. The minimum Gasteiger partial charge on any atom is -0.480 e. The molecule has 0 aliphatic rings. The van der Waals surface area contributed by atoms with Crippen LogP contribution in [0.4, 0.5) is 4.39 Å². The topological polar surface area (TPSA) is 66.4 Å². The van der Waals surface area contributed by atoms with E-state index in [2.05, 4.69) is 5.32 Å². The van der Waals surface area contributed by atoms with Gasteiger partial charge in [0, 0.05) is 6.42 Å². The Morgan fingerprint density at radius 3 is 2.32 bits per heavy atom. The summed E-state index contributed by atoms with van der Waals surface area (Å²) in [5.41, 5.74) is -0.454. The molecule has 1 aromatic carbocycles. The number of carbonyl (C=O) groups is 2. The number of hydrogen-bond donors (Lipinski definition) is 2. The molecular formula is C14H18FNO3. The number of nitrogens with one attached hydrogen (secondary N) is 1. The van der Waals surface area contributed by atoms with Crippen molar-refractivity contribution in [3.8, 4) is 0 Å². The van der Waals surface area contributed by atoms with Gasteiger partial charge in [0.25, 0.3) is 0 Å². The quantitative estimate of drug-likeness (QED) is 0.860. The van der Waals surface area contributed by atoms with Gasteiger partial charge in [-0.15, -0.1) is 0 Å². The number of amides is 1. The Morgan fingerprint density at radius 2 is 1.84 bits per heavy atom. The fourth-order valence-electron chi connectivity index (χ4n) is 1.64. The Balaban J connectivity index is 2.62. The van der Waals surface area contributed by atoms with Crippen molar-refractivity contribution in [3.05, 3.63) is 35.6 Å². The summed E-state index contributed by atoms with van der Waals surface area (Å²) >= 11 is 0. The van der Waals surface area contributed by atoms with Gasteiger partial charge in [0.2, 0.25) is 5.91 Å². The molecule has 0 aromatic heterocycles. The molecule has 0 aliphatic carbocycles. The van der Waals surface area contributed by atoms with Crippen LogP contribution in [0.15, 0.2) is 24.3 Å². The molecule has 104 valence electrons. The van der Waals surface area contributed by atoms with E-state index in [4.69, 9.17) is 5.11 Å². The molecule has 1 unspecified atom stereocenters. The van der Waals surface area contributed by atoms with Gasteiger partial charge in [-0.25, -0.2) is 9.18 Å². The molecule has 1 atom stereocenters. The second-order valence-corrected chi connectivity index (χ2v) is 5.14. The number of carboxylic acid groups (broad SMARTS) is 1. The summed E-state index contributed by atoms with van der Waals surface area (Å²) in [7, 11) is 0. The van der Waals surface area contributed by atoms with Crippen molar-refractivity contribution in [2.75, 3.05) is 0 Å². The standard InChI is InChI=1S/C14H18FNO3/c1-9(10-4-6-11(15)7-5-10)8-12(17)16-14(2,3)13(18)19/h4-7,9H,8H2,1-3H3,(H,16,17)(H,18,19). The molecule has 0 heterocycles. The lowest BCUT2D eigenvalue weighted by molar-refractivity contribution is -0.146. The number of aliphatic carboxylic acids is 1. The molecule has 1 aromatic rings. The lowest BCUT2D eigenvalue weighted by atomic mass is 9.96. The van der Waals surface area contributed by atoms with Gasteiger partial charge in [-0.1, -0.05) is 19.1 Å². The van der Waals surface area contributed by atoms with E-state index in [1.54, 1.807) is 12.1 Å². The maximum absolute atomic E-state index is 12.8. The summed E-state index contributed by atoms with van der Waals surface area (Å²) in [6, 6.07) is 5.92. The Morgan fingerprint density at radius 1 is 1.32 bits per heavy atom. The minimum atomic E-state index is -1.29. The predicted octanol–water partition coefficient (Wildman–Crippen LogP) is 2.30. The monoisotopic (exact) mass is 267 g/mol. The lowest BCUT2D eigenvalue weighted by Gasteiger charge is -2.22. The van der Waals surface area contributed by atoms with Crippen molar-refractivity contribution in [2.24, 2.45) is 0 Å². The van der Waals surface area contributed by atoms with Crippen molar-refractivity contribution in [3.63, 3.8) is 0 Å². The lowest BCUT2D eigenvalue weighted by Crippen LogP contribution is -2.49. The molecule has 5 heteroatoms. The number of rotatable bonds is 5. The van der Waals surface area contributed by atoms with Gasteiger partial charge in [-0.2, -0.15) is 0 Å². The Kier molecular flexibility index (Phi) is 4.64. The van der Waals surface area contributed by atoms with Crippen LogP contribution in [-0.4, -0.2) is 22.5 Å². The Bertz CT molecular complexity index is 468. The molecule has 0 radical (unpaired) electrons. The van der Waals surface area contributed by atoms with E-state index in [1.807, 2.05) is 6.92 Å². The van der Waals surface area contributed by atoms with Crippen LogP contribution in [0.5, 0.6) is 0 Å². The largest absolute Gasteiger partial charge is 0.480 e. The number of halogens is 1. The van der Waals surface area contributed by atoms with Crippen molar-refractivity contribution in [2.45, 2.75) is 38.6 Å². The van der Waals surface area contributed by atoms with E-state index in [-0.39, 0.29) is 24.1 Å². The summed E-state index contributed by atoms with van der Waals surface area (Å²) in [6.45, 7) is 4.69. The highest BCUT2D eigenvalue weighted by Gasteiger charge is 2.29. The summed E-state index contributed by atoms with van der Waals surface area (Å²) in [5.74, 6) is -1.86. The smallest absolute Gasteiger partial charge is 0.328 e. The van der Waals surface area contributed by atoms with Crippen LogP contribution in [0.25, 0.3) is 0 Å². The van der Waals surface area contributed by atoms with Gasteiger partial charge in [-0.3, -0.25) is 4.79 Å². The number of hydrogen-bond acceptors (Lipinski definition) is 2. The molecule has 0 saturated carbocycles. The van der Waals surface area contributed by atoms with E-state index in [1.165, 1.54) is 26.0 Å². The third-order valence-electron chi connectivity index (χ3n) is 2.92. The van der Waals surface area contributed by atoms with E-state index in [9.17, 15) is 14.0 Å². The molecule has 4 nitrogen and oxygen atoms in total. The average molecular weight is 267 g/mol. The Hall–Kier alpha value is -1.91. The van der Waals surface area contributed by atoms with Crippen molar-refractivity contribution in [1.29, 1.82) is 0 Å². The molecular weight excluding hydrogens is 249 g/mol. The van der Waals surface area contributed by atoms with E-state index in [0.29, 0.717) is 0 Å². The molecule has 2 N–H and O–H groups in total. The summed E-state index contributed by atoms with van der Waals surface area (Å²) in [6.07, 6.45) is 0.155. The second kappa shape index (κ2) is 5.82. The van der Waals surface area contributed by atoms with Crippen LogP contribution in [0.3, 0.4) is 0 Å². The van der Waals surface area contributed by atoms with Crippen molar-refractivity contribution >= 4 is 11.9 Å². The first kappa shape index (κ1) is 15.1. The molecule has 0 saturated heterocycles. The number of benzene rings is 1. The van der Waals surface area contributed by atoms with Gasteiger partial charge in [-0.05, 0) is 37.5 Å². The first-order valence-corrected chi connectivity index (χ1v) is 6.02. The minimum absolute atomic E-state index is 0.106. The van der Waals surface area contributed by atoms with Gasteiger partial charge in [0.05, 0.1) is 0 Å². The molecule has 19 heavy (non-hydrogen) atoms. The first-order chi connectivity index (χ1) is 8.72. The summed E-state index contributed by atoms with van der Waals surface area (Å²) in [4.78, 5) is 22.7. The zero-order valence-electron chi connectivity index (χ0n) is 11.2. The summed E-state index contributed by atoms with van der Waals surface area (Å²) < 4.78 is 12.8. The van der Waals surface area contributed by atoms with E-state index in [0.717, 1.165) is 5.56 Å². The third kappa shape index (κ3) is 4.35. The third-order valence-corrected chi connectivity index (χ3v) is 2.92. The molecule has 1 rings (SSSR count). The van der Waals surface area contributed by atoms with E-state index < -0.39 is 11.5 Å². The van der Waals surface area contributed by atoms with Crippen LogP contribution in [0, 0.1) is 5.82 Å². The van der Waals surface area contributed by atoms with Crippen LogP contribution >= 0.6 is 0 Å². The maximum Gasteiger partial charge on any atom is 0.328 e. The van der Waals surface area contributed by atoms with Crippen LogP contribution in [-0.2, 0) is 9.59 Å². The van der Waals surface area contributed by atoms with E-state index >= 15 is 0 Å². The predicted molar refractivity (Wildman–Crippen MR) is 69.3 cm³/mol. The molecule has 0 aliphatic heterocycles. The zero-order valence-corrected chi connectivity index (χ0v) is 11.2. The van der Waals surface area contributed by atoms with Gasteiger partial charge in [0.15, 0.2) is 0 Å². The van der Waals surface area contributed by atoms with Crippen LogP contribution < -0.4 is 5.32 Å². The first-order valence-electron chi connectivity index (χ1n) is 6.02. The fourth-order valence-corrected chi connectivity index (χ4v) is 1.64. The number of carbonyl (C=O) groups excluding carboxylic acids is 1. The molecule has 0 spiro atoms. The fraction of sp³-hybridized carbons (Fsp3) is 0.429. The highest BCUT2D eigenvalue weighted by Crippen LogP contribution is 2.19. The molecule has 0 bridgehead atoms.